The van der Waals surface area contributed by atoms with Crippen molar-refractivity contribution in [2.24, 2.45) is 7.05 Å². The fourth-order valence-corrected chi connectivity index (χ4v) is 1.45. The minimum absolute atomic E-state index is 1.05. The molecule has 1 aromatic heterocycles. The molecule has 0 amide bonds. The van der Waals surface area contributed by atoms with Crippen molar-refractivity contribution in [3.8, 4) is 0 Å². The van der Waals surface area contributed by atoms with E-state index in [-0.39, 0.29) is 0 Å². The van der Waals surface area contributed by atoms with E-state index >= 15 is 0 Å². The molecule has 0 unspecified atom stereocenters. The van der Waals surface area contributed by atoms with Crippen molar-refractivity contribution in [2.45, 2.75) is 6.92 Å². The average molecular weight is 423 g/mol. The van der Waals surface area contributed by atoms with Gasteiger partial charge >= 0.3 is 49.6 Å². The molecular formula is C10H11Cl4N2Sb. The topological polar surface area (TPSA) is 16.8 Å². The third kappa shape index (κ3) is 6.31. The molecule has 0 spiro atoms. The molecule has 1 aromatic carbocycles. The van der Waals surface area contributed by atoms with Gasteiger partial charge in [-0.1, -0.05) is 16.8 Å². The Morgan fingerprint density at radius 3 is 2.24 bits per heavy atom. The SMILES string of the molecule is Cc1cc2ccccc2[n+](C)n1.[Cl][Sb-]([Cl])([Cl])[Cl]. The predicted octanol–water partition coefficient (Wildman–Crippen LogP) is 3.74. The van der Waals surface area contributed by atoms with Crippen molar-refractivity contribution in [3.05, 3.63) is 36.0 Å². The van der Waals surface area contributed by atoms with Crippen LogP contribution in [0.25, 0.3) is 10.9 Å². The van der Waals surface area contributed by atoms with Crippen LogP contribution in [0.5, 0.6) is 0 Å². The molecule has 17 heavy (non-hydrogen) atoms. The van der Waals surface area contributed by atoms with Crippen LogP contribution < -0.4 is 4.68 Å². The molecule has 0 saturated carbocycles. The molecule has 0 fully saturated rings. The van der Waals surface area contributed by atoms with E-state index in [0.717, 1.165) is 5.69 Å². The van der Waals surface area contributed by atoms with E-state index in [1.54, 1.807) is 0 Å². The zero-order valence-corrected chi connectivity index (χ0v) is 14.8. The molecule has 0 N–H and O–H groups in total. The Kier molecular flexibility index (Phi) is 6.08. The van der Waals surface area contributed by atoms with Gasteiger partial charge in [-0.15, -0.1) is 0 Å². The van der Waals surface area contributed by atoms with E-state index in [4.69, 9.17) is 35.3 Å². The molecule has 0 aliphatic carbocycles. The van der Waals surface area contributed by atoms with Crippen LogP contribution in [0.4, 0.5) is 0 Å². The van der Waals surface area contributed by atoms with Gasteiger partial charge in [-0.25, -0.2) is 0 Å². The van der Waals surface area contributed by atoms with Crippen LogP contribution in [0.3, 0.4) is 0 Å². The second kappa shape index (κ2) is 6.63. The minimum atomic E-state index is -3.21. The zero-order chi connectivity index (χ0) is 13.1. The van der Waals surface area contributed by atoms with E-state index in [1.807, 2.05) is 30.8 Å². The fourth-order valence-electron chi connectivity index (χ4n) is 1.45. The maximum atomic E-state index is 5.03. The Hall–Kier alpha value is 0.538. The zero-order valence-electron chi connectivity index (χ0n) is 9.24. The molecule has 0 radical (unpaired) electrons. The summed E-state index contributed by atoms with van der Waals surface area (Å²) in [5.41, 5.74) is 2.22. The third-order valence-electron chi connectivity index (χ3n) is 1.96. The van der Waals surface area contributed by atoms with Crippen LogP contribution >= 0.6 is 35.3 Å². The molecule has 0 bridgehead atoms. The summed E-state index contributed by atoms with van der Waals surface area (Å²) in [7, 11) is 22.1. The fraction of sp³-hybridized carbons (Fsp3) is 0.200. The number of halogens is 4. The van der Waals surface area contributed by atoms with Gasteiger partial charge in [-0.2, -0.15) is 0 Å². The monoisotopic (exact) mass is 420 g/mol. The first-order chi connectivity index (χ1) is 7.77. The van der Waals surface area contributed by atoms with E-state index in [2.05, 4.69) is 23.3 Å². The summed E-state index contributed by atoms with van der Waals surface area (Å²) in [6, 6.07) is 10.3. The van der Waals surface area contributed by atoms with Gasteiger partial charge in [0.25, 0.3) is 0 Å². The van der Waals surface area contributed by atoms with Gasteiger partial charge in [-0.3, -0.25) is 0 Å². The summed E-state index contributed by atoms with van der Waals surface area (Å²) < 4.78 is 1.91. The summed E-state index contributed by atoms with van der Waals surface area (Å²) >= 11 is -3.21. The number of aromatic nitrogens is 2. The number of fused-ring (bicyclic) bond motifs is 1. The van der Waals surface area contributed by atoms with Crippen molar-refractivity contribution in [3.63, 3.8) is 0 Å². The van der Waals surface area contributed by atoms with Crippen LogP contribution in [0.1, 0.15) is 5.69 Å². The second-order valence-corrected chi connectivity index (χ2v) is 26.1. The molecule has 0 aliphatic rings. The van der Waals surface area contributed by atoms with Crippen molar-refractivity contribution >= 4 is 60.5 Å². The molecule has 2 aromatic rings. The summed E-state index contributed by atoms with van der Waals surface area (Å²) in [5.74, 6) is 0. The van der Waals surface area contributed by atoms with Crippen LogP contribution in [0, 0.1) is 6.92 Å². The first kappa shape index (κ1) is 15.6. The van der Waals surface area contributed by atoms with Gasteiger partial charge in [0.05, 0.1) is 5.39 Å². The van der Waals surface area contributed by atoms with Crippen LogP contribution in [0.2, 0.25) is 0 Å². The van der Waals surface area contributed by atoms with Crippen LogP contribution in [-0.4, -0.2) is 19.3 Å². The average Bonchev–Trinajstić information content (AvgIpc) is 2.14. The van der Waals surface area contributed by atoms with Crippen molar-refractivity contribution in [1.29, 1.82) is 0 Å². The predicted molar refractivity (Wildman–Crippen MR) is 76.8 cm³/mol. The maximum absolute atomic E-state index is 5.03. The summed E-state index contributed by atoms with van der Waals surface area (Å²) in [6.07, 6.45) is 0. The van der Waals surface area contributed by atoms with Gasteiger partial charge in [0, 0.05) is 6.07 Å². The van der Waals surface area contributed by atoms with Crippen LogP contribution in [0.15, 0.2) is 30.3 Å². The van der Waals surface area contributed by atoms with Crippen molar-refractivity contribution in [1.82, 2.24) is 5.10 Å². The van der Waals surface area contributed by atoms with Crippen LogP contribution in [-0.2, 0) is 7.05 Å². The first-order valence-corrected chi connectivity index (χ1v) is 17.6. The first-order valence-electron chi connectivity index (χ1n) is 4.68. The Bertz CT molecular complexity index is 507. The van der Waals surface area contributed by atoms with Gasteiger partial charge in [0.1, 0.15) is 5.69 Å². The third-order valence-corrected chi connectivity index (χ3v) is 1.96. The molecule has 1 heterocycles. The van der Waals surface area contributed by atoms with Gasteiger partial charge in [0.2, 0.25) is 5.52 Å². The summed E-state index contributed by atoms with van der Waals surface area (Å²) in [6.45, 7) is 2.01. The quantitative estimate of drug-likeness (QED) is 0.467. The molecule has 0 atom stereocenters. The van der Waals surface area contributed by atoms with E-state index in [9.17, 15) is 0 Å². The molecule has 0 aliphatic heterocycles. The van der Waals surface area contributed by atoms with Crippen molar-refractivity contribution < 1.29 is 4.68 Å². The number of rotatable bonds is 0. The number of aryl methyl sites for hydroxylation is 2. The molecule has 0 saturated heterocycles. The number of hydrogen-bond donors (Lipinski definition) is 0. The summed E-state index contributed by atoms with van der Waals surface area (Å²) in [5, 5.41) is 5.56. The van der Waals surface area contributed by atoms with Gasteiger partial charge < -0.3 is 0 Å². The second-order valence-electron chi connectivity index (χ2n) is 3.35. The normalized spacial score (nSPS) is 11.9. The molecular weight excluding hydrogens is 412 g/mol. The van der Waals surface area contributed by atoms with E-state index < -0.39 is 14.2 Å². The molecule has 7 heteroatoms. The Morgan fingerprint density at radius 2 is 1.65 bits per heavy atom. The summed E-state index contributed by atoms with van der Waals surface area (Å²) in [4.78, 5) is 0. The standard InChI is InChI=1S/C10H11N2.4ClH.Sb/c1-8-7-9-5-3-4-6-10(9)12(2)11-8;;;;;/h3-7H,1-2H3;4*1H;/q+1;;;;;+3/p-4. The van der Waals surface area contributed by atoms with Gasteiger partial charge in [0.15, 0.2) is 7.05 Å². The Balaban J connectivity index is 0.000000249. The number of nitrogens with zero attached hydrogens (tertiary/aromatic N) is 2. The Morgan fingerprint density at radius 1 is 1.12 bits per heavy atom. The Labute approximate surface area is 119 Å². The number of benzene rings is 1. The van der Waals surface area contributed by atoms with Gasteiger partial charge in [-0.05, 0) is 24.2 Å². The number of hydrogen-bond acceptors (Lipinski definition) is 1. The molecule has 94 valence electrons. The molecule has 2 nitrogen and oxygen atoms in total. The number of para-hydroxylation sites is 1. The van der Waals surface area contributed by atoms with Crippen molar-refractivity contribution in [2.75, 3.05) is 0 Å². The van der Waals surface area contributed by atoms with E-state index in [1.165, 1.54) is 10.9 Å². The van der Waals surface area contributed by atoms with E-state index in [0.29, 0.717) is 0 Å². The molecule has 2 rings (SSSR count).